The molecule has 1 aliphatic heterocycles. The van der Waals surface area contributed by atoms with Crippen LogP contribution in [0.3, 0.4) is 0 Å². The second kappa shape index (κ2) is 6.72. The molecule has 1 saturated heterocycles. The zero-order valence-corrected chi connectivity index (χ0v) is 11.0. The molecule has 2 rings (SSSR count). The van der Waals surface area contributed by atoms with Crippen molar-refractivity contribution in [3.05, 3.63) is 23.8 Å². The van der Waals surface area contributed by atoms with Crippen LogP contribution < -0.4 is 10.5 Å². The Morgan fingerprint density at radius 1 is 1.43 bits per heavy atom. The molecule has 0 radical (unpaired) electrons. The Kier molecular flexibility index (Phi) is 4.51. The Morgan fingerprint density at radius 3 is 2.86 bits per heavy atom. The van der Waals surface area contributed by atoms with Gasteiger partial charge in [-0.3, -0.25) is 4.79 Å². The van der Waals surface area contributed by atoms with Crippen molar-refractivity contribution in [2.75, 3.05) is 12.3 Å². The minimum Gasteiger partial charge on any atom is -0.463 e. The summed E-state index contributed by atoms with van der Waals surface area (Å²) >= 11 is 0. The first-order valence-corrected chi connectivity index (χ1v) is 6.22. The molecule has 0 aliphatic carbocycles. The Bertz CT molecular complexity index is 541. The number of nitrogens with two attached hydrogens (primary N) is 1. The van der Waals surface area contributed by atoms with Gasteiger partial charge in [-0.05, 0) is 17.7 Å². The number of aliphatic hydroxyl groups excluding tert-OH is 3. The van der Waals surface area contributed by atoms with E-state index in [4.69, 9.17) is 16.6 Å². The number of hydrogen-bond acceptors (Lipinski definition) is 8. The van der Waals surface area contributed by atoms with Crippen LogP contribution >= 0.6 is 0 Å². The van der Waals surface area contributed by atoms with Gasteiger partial charge in [-0.2, -0.15) is 0 Å². The molecule has 21 heavy (non-hydrogen) atoms. The highest BCUT2D eigenvalue weighted by Gasteiger charge is 2.39. The molecule has 4 atom stereocenters. The second-order valence-electron chi connectivity index (χ2n) is 4.61. The van der Waals surface area contributed by atoms with E-state index in [0.717, 1.165) is 0 Å². The van der Waals surface area contributed by atoms with E-state index in [1.165, 1.54) is 12.1 Å². The number of benzene rings is 1. The molecule has 0 saturated carbocycles. The summed E-state index contributed by atoms with van der Waals surface area (Å²) in [6.45, 7) is -0.277. The van der Waals surface area contributed by atoms with Crippen LogP contribution in [0, 0.1) is 0 Å². The zero-order chi connectivity index (χ0) is 16.3. The van der Waals surface area contributed by atoms with Gasteiger partial charge in [0.15, 0.2) is 1.37 Å². The van der Waals surface area contributed by atoms with Crippen LogP contribution in [0.15, 0.2) is 18.2 Å². The van der Waals surface area contributed by atoms with Crippen LogP contribution in [-0.2, 0) is 20.9 Å². The molecule has 1 aromatic rings. The molecular weight excluding hydrogens is 282 g/mol. The number of aliphatic hydroxyl groups is 3. The van der Waals surface area contributed by atoms with Gasteiger partial charge in [-0.15, -0.1) is 0 Å². The van der Waals surface area contributed by atoms with Gasteiger partial charge >= 0.3 is 0 Å². The first-order chi connectivity index (χ1) is 10.4. The molecule has 1 fully saturated rings. The summed E-state index contributed by atoms with van der Waals surface area (Å²) in [6, 6.07) is 4.53. The first-order valence-electron chi connectivity index (χ1n) is 6.72. The largest absolute Gasteiger partial charge is 0.463 e. The van der Waals surface area contributed by atoms with Crippen LogP contribution in [0.1, 0.15) is 6.93 Å². The SMILES string of the molecule is [2H]C(=O)OCc1ccc(OC2OC[C@@H](O)[C@H](O)[C@H]2O)c(N)c1. The maximum atomic E-state index is 10.4. The van der Waals surface area contributed by atoms with Crippen LogP contribution in [-0.4, -0.2) is 53.0 Å². The smallest absolute Gasteiger partial charge is 0.293 e. The second-order valence-corrected chi connectivity index (χ2v) is 4.61. The molecule has 0 aromatic heterocycles. The minimum absolute atomic E-state index is 0.0970. The van der Waals surface area contributed by atoms with Crippen molar-refractivity contribution in [3.8, 4) is 5.75 Å². The van der Waals surface area contributed by atoms with Gasteiger partial charge in [0.25, 0.3) is 6.45 Å². The molecule has 0 amide bonds. The van der Waals surface area contributed by atoms with E-state index in [0.29, 0.717) is 5.56 Å². The zero-order valence-electron chi connectivity index (χ0n) is 12.0. The van der Waals surface area contributed by atoms with Crippen molar-refractivity contribution in [1.82, 2.24) is 0 Å². The predicted molar refractivity (Wildman–Crippen MR) is 70.1 cm³/mol. The maximum Gasteiger partial charge on any atom is 0.293 e. The first kappa shape index (κ1) is 14.1. The Balaban J connectivity index is 2.02. The molecule has 5 N–H and O–H groups in total. The standard InChI is InChI=1S/C13H17NO7/c14-8-3-7(4-19-6-15)1-2-10(8)21-13-12(18)11(17)9(16)5-20-13/h1-3,6,9,11-13,16-18H,4-5,14H2/t9-,11+,12-,13?/m1/s1/i6D. The van der Waals surface area contributed by atoms with Crippen molar-refractivity contribution < 1.29 is 35.7 Å². The van der Waals surface area contributed by atoms with Crippen LogP contribution in [0.2, 0.25) is 0 Å². The van der Waals surface area contributed by atoms with E-state index in [9.17, 15) is 20.1 Å². The summed E-state index contributed by atoms with van der Waals surface area (Å²) in [6.07, 6.45) is -6.31. The lowest BCUT2D eigenvalue weighted by atomic mass is 10.1. The highest BCUT2D eigenvalue weighted by Crippen LogP contribution is 2.27. The molecule has 1 aromatic carbocycles. The average Bonchev–Trinajstić information content (AvgIpc) is 2.47. The van der Waals surface area contributed by atoms with E-state index in [1.807, 2.05) is 0 Å². The van der Waals surface area contributed by atoms with Crippen molar-refractivity contribution in [2.45, 2.75) is 31.2 Å². The number of hydrogen-bond donors (Lipinski definition) is 4. The number of anilines is 1. The van der Waals surface area contributed by atoms with Crippen molar-refractivity contribution in [1.29, 1.82) is 0 Å². The molecule has 8 nitrogen and oxygen atoms in total. The summed E-state index contributed by atoms with van der Waals surface area (Å²) < 4.78 is 21.7. The highest BCUT2D eigenvalue weighted by molar-refractivity contribution is 5.54. The van der Waals surface area contributed by atoms with Crippen LogP contribution in [0.5, 0.6) is 5.75 Å². The van der Waals surface area contributed by atoms with Gasteiger partial charge in [0, 0.05) is 0 Å². The van der Waals surface area contributed by atoms with E-state index >= 15 is 0 Å². The van der Waals surface area contributed by atoms with Crippen LogP contribution in [0.25, 0.3) is 0 Å². The number of carbonyl (C=O) groups excluding carboxylic acids is 1. The normalized spacial score (nSPS) is 29.6. The minimum atomic E-state index is -1.42. The predicted octanol–water partition coefficient (Wildman–Crippen LogP) is -1.24. The van der Waals surface area contributed by atoms with Crippen molar-refractivity contribution >= 4 is 12.1 Å². The lowest BCUT2D eigenvalue weighted by Gasteiger charge is -2.35. The van der Waals surface area contributed by atoms with Gasteiger partial charge in [-0.1, -0.05) is 6.07 Å². The fourth-order valence-corrected chi connectivity index (χ4v) is 1.92. The van der Waals surface area contributed by atoms with E-state index in [-0.39, 0.29) is 24.7 Å². The fourth-order valence-electron chi connectivity index (χ4n) is 1.92. The number of ether oxygens (including phenoxy) is 3. The summed E-state index contributed by atoms with van der Waals surface area (Å²) in [5, 5.41) is 28.7. The van der Waals surface area contributed by atoms with Gasteiger partial charge in [0.2, 0.25) is 6.29 Å². The molecule has 1 unspecified atom stereocenters. The Hall–Kier alpha value is -1.87. The third kappa shape index (κ3) is 3.61. The summed E-state index contributed by atoms with van der Waals surface area (Å²) in [5.41, 5.74) is 6.56. The highest BCUT2D eigenvalue weighted by atomic mass is 16.7. The molecule has 0 bridgehead atoms. The fraction of sp³-hybridized carbons (Fsp3) is 0.462. The van der Waals surface area contributed by atoms with Gasteiger partial charge in [0.05, 0.1) is 12.3 Å². The summed E-state index contributed by atoms with van der Waals surface area (Å²) in [7, 11) is 0. The van der Waals surface area contributed by atoms with Crippen LogP contribution in [0.4, 0.5) is 5.69 Å². The quantitative estimate of drug-likeness (QED) is 0.401. The lowest BCUT2D eigenvalue weighted by molar-refractivity contribution is -0.241. The molecular formula is C13H17NO7. The van der Waals surface area contributed by atoms with Gasteiger partial charge < -0.3 is 35.3 Å². The third-order valence-corrected chi connectivity index (χ3v) is 3.07. The van der Waals surface area contributed by atoms with E-state index < -0.39 is 31.1 Å². The Morgan fingerprint density at radius 2 is 2.19 bits per heavy atom. The summed E-state index contributed by atoms with van der Waals surface area (Å²) in [4.78, 5) is 10.4. The molecule has 0 spiro atoms. The van der Waals surface area contributed by atoms with Gasteiger partial charge in [-0.25, -0.2) is 0 Å². The van der Waals surface area contributed by atoms with Crippen molar-refractivity contribution in [3.63, 3.8) is 0 Å². The maximum absolute atomic E-state index is 10.4. The van der Waals surface area contributed by atoms with E-state index in [2.05, 4.69) is 4.74 Å². The van der Waals surface area contributed by atoms with E-state index in [1.54, 1.807) is 6.07 Å². The summed E-state index contributed by atoms with van der Waals surface area (Å²) in [5.74, 6) is 0.202. The topological polar surface area (TPSA) is 131 Å². The number of rotatable bonds is 4. The Labute approximate surface area is 122 Å². The van der Waals surface area contributed by atoms with Crippen molar-refractivity contribution in [2.24, 2.45) is 0 Å². The number of carbonyl (C=O) groups is 1. The number of nitrogen functional groups attached to an aromatic ring is 1. The molecule has 8 heteroatoms. The monoisotopic (exact) mass is 300 g/mol. The molecule has 116 valence electrons. The molecule has 1 heterocycles. The van der Waals surface area contributed by atoms with Gasteiger partial charge in [0.1, 0.15) is 30.7 Å². The third-order valence-electron chi connectivity index (χ3n) is 3.07. The lowest BCUT2D eigenvalue weighted by Crippen LogP contribution is -2.54. The molecule has 1 aliphatic rings. The average molecular weight is 300 g/mol.